The zero-order chi connectivity index (χ0) is 16.0. The Balaban J connectivity index is 0.00000264. The zero-order valence-corrected chi connectivity index (χ0v) is 16.9. The maximum absolute atomic E-state index is 11.5. The molecule has 0 amide bonds. The predicted octanol–water partition coefficient (Wildman–Crippen LogP) is 2.11. The fourth-order valence-electron chi connectivity index (χ4n) is 2.64. The Kier molecular flexibility index (Phi) is 8.32. The lowest BCUT2D eigenvalue weighted by atomic mass is 10.1. The zero-order valence-electron chi connectivity index (χ0n) is 13.7. The molecule has 1 unspecified atom stereocenters. The lowest BCUT2D eigenvalue weighted by Gasteiger charge is -2.16. The Morgan fingerprint density at radius 2 is 1.96 bits per heavy atom. The summed E-state index contributed by atoms with van der Waals surface area (Å²) in [6, 6.07) is 8.23. The molecule has 130 valence electrons. The maximum Gasteiger partial charge on any atom is 0.191 e. The topological polar surface area (TPSA) is 70.6 Å². The summed E-state index contributed by atoms with van der Waals surface area (Å²) in [7, 11) is -2.88. The molecular formula is C16H26IN3O2S. The number of nitrogens with zero attached hydrogens (tertiary/aromatic N) is 1. The van der Waals surface area contributed by atoms with Crippen LogP contribution < -0.4 is 10.6 Å². The molecule has 0 radical (unpaired) electrons. The Morgan fingerprint density at radius 1 is 1.26 bits per heavy atom. The van der Waals surface area contributed by atoms with E-state index in [1.807, 2.05) is 19.1 Å². The monoisotopic (exact) mass is 451 g/mol. The van der Waals surface area contributed by atoms with Crippen LogP contribution in [0.2, 0.25) is 0 Å². The molecule has 1 atom stereocenters. The van der Waals surface area contributed by atoms with Crippen molar-refractivity contribution in [3.8, 4) is 0 Å². The van der Waals surface area contributed by atoms with Crippen molar-refractivity contribution < 1.29 is 8.42 Å². The summed E-state index contributed by atoms with van der Waals surface area (Å²) in [5, 5.41) is 6.43. The highest BCUT2D eigenvalue weighted by atomic mass is 127. The quantitative estimate of drug-likeness (QED) is 0.409. The van der Waals surface area contributed by atoms with Crippen molar-refractivity contribution >= 4 is 39.8 Å². The highest BCUT2D eigenvalue weighted by Crippen LogP contribution is 2.12. The van der Waals surface area contributed by atoms with Crippen LogP contribution in [0.15, 0.2) is 29.3 Å². The van der Waals surface area contributed by atoms with Gasteiger partial charge < -0.3 is 10.6 Å². The van der Waals surface area contributed by atoms with E-state index < -0.39 is 9.84 Å². The highest BCUT2D eigenvalue weighted by Gasteiger charge is 2.28. The van der Waals surface area contributed by atoms with E-state index in [0.717, 1.165) is 13.0 Å². The molecule has 2 N–H and O–H groups in total. The number of aryl methyl sites for hydroxylation is 1. The van der Waals surface area contributed by atoms with Crippen LogP contribution in [-0.4, -0.2) is 38.5 Å². The first-order valence-corrected chi connectivity index (χ1v) is 9.68. The Morgan fingerprint density at radius 3 is 2.52 bits per heavy atom. The van der Waals surface area contributed by atoms with E-state index in [1.165, 1.54) is 11.1 Å². The van der Waals surface area contributed by atoms with Gasteiger partial charge in [-0.3, -0.25) is 0 Å². The molecule has 5 nitrogen and oxygen atoms in total. The number of hydrogen-bond donors (Lipinski definition) is 2. The minimum absolute atomic E-state index is 0. The molecule has 7 heteroatoms. The van der Waals surface area contributed by atoms with Gasteiger partial charge >= 0.3 is 0 Å². The van der Waals surface area contributed by atoms with Crippen molar-refractivity contribution in [2.24, 2.45) is 4.99 Å². The summed E-state index contributed by atoms with van der Waals surface area (Å²) in [6.45, 7) is 5.48. The first-order valence-electron chi connectivity index (χ1n) is 7.86. The van der Waals surface area contributed by atoms with Crippen LogP contribution in [0.1, 0.15) is 31.4 Å². The second-order valence-electron chi connectivity index (χ2n) is 5.56. The molecule has 23 heavy (non-hydrogen) atoms. The lowest BCUT2D eigenvalue weighted by molar-refractivity contribution is 0.599. The third-order valence-corrected chi connectivity index (χ3v) is 5.59. The number of halogens is 1. The van der Waals surface area contributed by atoms with Crippen molar-refractivity contribution in [2.45, 2.75) is 39.3 Å². The van der Waals surface area contributed by atoms with Gasteiger partial charge in [-0.1, -0.05) is 31.2 Å². The van der Waals surface area contributed by atoms with Gasteiger partial charge in [0.15, 0.2) is 15.8 Å². The van der Waals surface area contributed by atoms with E-state index in [4.69, 9.17) is 0 Å². The van der Waals surface area contributed by atoms with Crippen LogP contribution in [0.25, 0.3) is 0 Å². The Labute approximate surface area is 156 Å². The smallest absolute Gasteiger partial charge is 0.191 e. The standard InChI is InChI=1S/C16H25N3O2S.HI/c1-3-13-7-5-6-8-14(13)11-18-16(17-4-2)19-15-9-10-22(20,21)12-15;/h5-8,15H,3-4,9-12H2,1-2H3,(H2,17,18,19);1H. The minimum atomic E-state index is -2.88. The van der Waals surface area contributed by atoms with Gasteiger partial charge in [0.1, 0.15) is 0 Å². The number of nitrogens with one attached hydrogen (secondary N) is 2. The van der Waals surface area contributed by atoms with Gasteiger partial charge in [0, 0.05) is 12.6 Å². The third-order valence-electron chi connectivity index (χ3n) is 3.82. The summed E-state index contributed by atoms with van der Waals surface area (Å²) in [6.07, 6.45) is 1.63. The largest absolute Gasteiger partial charge is 0.357 e. The van der Waals surface area contributed by atoms with Gasteiger partial charge in [0.05, 0.1) is 18.1 Å². The number of guanidine groups is 1. The van der Waals surface area contributed by atoms with Crippen LogP contribution in [0, 0.1) is 0 Å². The number of benzene rings is 1. The number of rotatable bonds is 5. The lowest BCUT2D eigenvalue weighted by Crippen LogP contribution is -2.44. The fourth-order valence-corrected chi connectivity index (χ4v) is 4.32. The molecule has 1 heterocycles. The summed E-state index contributed by atoms with van der Waals surface area (Å²) < 4.78 is 23.1. The molecule has 0 aliphatic carbocycles. The number of sulfone groups is 1. The van der Waals surface area contributed by atoms with E-state index in [0.29, 0.717) is 18.9 Å². The van der Waals surface area contributed by atoms with Crippen LogP contribution in [0.5, 0.6) is 0 Å². The number of aliphatic imine (C=N–C) groups is 1. The van der Waals surface area contributed by atoms with E-state index in [-0.39, 0.29) is 41.5 Å². The van der Waals surface area contributed by atoms with Gasteiger partial charge in [-0.15, -0.1) is 24.0 Å². The van der Waals surface area contributed by atoms with E-state index in [9.17, 15) is 8.42 Å². The molecule has 1 fully saturated rings. The van der Waals surface area contributed by atoms with E-state index >= 15 is 0 Å². The van der Waals surface area contributed by atoms with Crippen molar-refractivity contribution in [2.75, 3.05) is 18.1 Å². The minimum Gasteiger partial charge on any atom is -0.357 e. The first kappa shape index (κ1) is 20.2. The Hall–Kier alpha value is -0.830. The SMILES string of the molecule is CCNC(=NCc1ccccc1CC)NC1CCS(=O)(=O)C1.I. The summed E-state index contributed by atoms with van der Waals surface area (Å²) in [4.78, 5) is 4.60. The summed E-state index contributed by atoms with van der Waals surface area (Å²) in [5.41, 5.74) is 2.51. The fraction of sp³-hybridized carbons (Fsp3) is 0.562. The first-order chi connectivity index (χ1) is 10.5. The molecular weight excluding hydrogens is 425 g/mol. The number of hydrogen-bond acceptors (Lipinski definition) is 3. The molecule has 1 saturated heterocycles. The molecule has 0 bridgehead atoms. The molecule has 1 aliphatic rings. The van der Waals surface area contributed by atoms with Crippen molar-refractivity contribution in [1.82, 2.24) is 10.6 Å². The average molecular weight is 451 g/mol. The van der Waals surface area contributed by atoms with Gasteiger partial charge in [0.25, 0.3) is 0 Å². The van der Waals surface area contributed by atoms with Gasteiger partial charge in [-0.2, -0.15) is 0 Å². The van der Waals surface area contributed by atoms with Crippen LogP contribution >= 0.6 is 24.0 Å². The van der Waals surface area contributed by atoms with E-state index in [2.05, 4.69) is 34.7 Å². The molecule has 1 aliphatic heterocycles. The summed E-state index contributed by atoms with van der Waals surface area (Å²) in [5.74, 6) is 1.15. The predicted molar refractivity (Wildman–Crippen MR) is 106 cm³/mol. The van der Waals surface area contributed by atoms with Crippen LogP contribution in [-0.2, 0) is 22.8 Å². The van der Waals surface area contributed by atoms with Crippen molar-refractivity contribution in [3.05, 3.63) is 35.4 Å². The molecule has 0 aromatic heterocycles. The highest BCUT2D eigenvalue weighted by molar-refractivity contribution is 14.0. The van der Waals surface area contributed by atoms with Crippen LogP contribution in [0.3, 0.4) is 0 Å². The molecule has 0 saturated carbocycles. The normalized spacial score (nSPS) is 19.9. The van der Waals surface area contributed by atoms with Gasteiger partial charge in [-0.05, 0) is 30.9 Å². The summed E-state index contributed by atoms with van der Waals surface area (Å²) >= 11 is 0. The van der Waals surface area contributed by atoms with Gasteiger partial charge in [-0.25, -0.2) is 13.4 Å². The van der Waals surface area contributed by atoms with E-state index in [1.54, 1.807) is 0 Å². The van der Waals surface area contributed by atoms with Crippen molar-refractivity contribution in [3.63, 3.8) is 0 Å². The molecule has 2 rings (SSSR count). The van der Waals surface area contributed by atoms with Crippen LogP contribution in [0.4, 0.5) is 0 Å². The molecule has 1 aromatic carbocycles. The Bertz CT molecular complexity index is 632. The van der Waals surface area contributed by atoms with Crippen molar-refractivity contribution in [1.29, 1.82) is 0 Å². The molecule has 0 spiro atoms. The van der Waals surface area contributed by atoms with Gasteiger partial charge in [0.2, 0.25) is 0 Å². The third kappa shape index (κ3) is 6.29. The molecule has 1 aromatic rings. The maximum atomic E-state index is 11.5. The second-order valence-corrected chi connectivity index (χ2v) is 7.79. The average Bonchev–Trinajstić information content (AvgIpc) is 2.84. The second kappa shape index (κ2) is 9.46.